The maximum Gasteiger partial charge on any atom is 0.0244 e. The summed E-state index contributed by atoms with van der Waals surface area (Å²) in [4.78, 5) is 7.61. The van der Waals surface area contributed by atoms with Gasteiger partial charge in [0, 0.05) is 57.9 Å². The normalized spacial score (nSPS) is 23.7. The molecule has 4 heteroatoms. The molecule has 1 N–H and O–H groups in total. The second-order valence-electron chi connectivity index (χ2n) is 7.17. The highest BCUT2D eigenvalue weighted by molar-refractivity contribution is 4.87. The minimum Gasteiger partial charge on any atom is -0.312 e. The van der Waals surface area contributed by atoms with E-state index in [-0.39, 0.29) is 0 Å². The highest BCUT2D eigenvalue weighted by Gasteiger charge is 2.28. The fraction of sp³-hybridized carbons (Fsp3) is 1.00. The van der Waals surface area contributed by atoms with Crippen LogP contribution in [0.3, 0.4) is 0 Å². The Morgan fingerprint density at radius 2 is 1.75 bits per heavy atom. The summed E-state index contributed by atoms with van der Waals surface area (Å²) in [6.45, 7) is 13.3. The zero-order chi connectivity index (χ0) is 14.5. The molecule has 1 aliphatic carbocycles. The standard InChI is InChI=1S/C16H34N4/c1-14(2)16(13-17-15-5-6-15)20-11-9-19(10-12-20)8-7-18(3)4/h14-17H,5-13H2,1-4H3. The summed E-state index contributed by atoms with van der Waals surface area (Å²) in [5.41, 5.74) is 0. The van der Waals surface area contributed by atoms with Gasteiger partial charge in [0.2, 0.25) is 0 Å². The van der Waals surface area contributed by atoms with Crippen LogP contribution in [-0.4, -0.2) is 86.7 Å². The van der Waals surface area contributed by atoms with E-state index in [4.69, 9.17) is 0 Å². The van der Waals surface area contributed by atoms with Crippen LogP contribution in [0.15, 0.2) is 0 Å². The fourth-order valence-electron chi connectivity index (χ4n) is 3.02. The second kappa shape index (κ2) is 7.74. The van der Waals surface area contributed by atoms with Crippen molar-refractivity contribution in [2.75, 3.05) is 59.9 Å². The van der Waals surface area contributed by atoms with E-state index >= 15 is 0 Å². The molecule has 1 aliphatic heterocycles. The van der Waals surface area contributed by atoms with E-state index in [1.807, 2.05) is 0 Å². The van der Waals surface area contributed by atoms with Gasteiger partial charge in [0.25, 0.3) is 0 Å². The van der Waals surface area contributed by atoms with Crippen LogP contribution in [-0.2, 0) is 0 Å². The maximum atomic E-state index is 3.72. The van der Waals surface area contributed by atoms with Crippen molar-refractivity contribution in [1.82, 2.24) is 20.0 Å². The molecule has 1 saturated carbocycles. The molecule has 0 bridgehead atoms. The van der Waals surface area contributed by atoms with Crippen LogP contribution in [0.4, 0.5) is 0 Å². The Labute approximate surface area is 125 Å². The first kappa shape index (κ1) is 16.2. The summed E-state index contributed by atoms with van der Waals surface area (Å²) in [5.74, 6) is 0.745. The van der Waals surface area contributed by atoms with Gasteiger partial charge in [-0.25, -0.2) is 0 Å². The number of piperazine rings is 1. The van der Waals surface area contributed by atoms with Crippen LogP contribution in [0.25, 0.3) is 0 Å². The number of rotatable bonds is 8. The molecule has 0 aromatic heterocycles. The molecule has 0 spiro atoms. The van der Waals surface area contributed by atoms with Crippen molar-refractivity contribution in [3.05, 3.63) is 0 Å². The number of hydrogen-bond donors (Lipinski definition) is 1. The smallest absolute Gasteiger partial charge is 0.0244 e. The quantitative estimate of drug-likeness (QED) is 0.715. The lowest BCUT2D eigenvalue weighted by molar-refractivity contribution is 0.0725. The van der Waals surface area contributed by atoms with Crippen molar-refractivity contribution >= 4 is 0 Å². The molecular weight excluding hydrogens is 248 g/mol. The van der Waals surface area contributed by atoms with E-state index in [1.54, 1.807) is 0 Å². The third-order valence-electron chi connectivity index (χ3n) is 4.70. The van der Waals surface area contributed by atoms with Gasteiger partial charge in [-0.05, 0) is 32.9 Å². The van der Waals surface area contributed by atoms with E-state index in [1.165, 1.54) is 58.7 Å². The average molecular weight is 282 g/mol. The maximum absolute atomic E-state index is 3.72. The summed E-state index contributed by atoms with van der Waals surface area (Å²) < 4.78 is 0. The molecule has 1 saturated heterocycles. The summed E-state index contributed by atoms with van der Waals surface area (Å²) >= 11 is 0. The van der Waals surface area contributed by atoms with Crippen LogP contribution < -0.4 is 5.32 Å². The minimum atomic E-state index is 0.714. The summed E-state index contributed by atoms with van der Waals surface area (Å²) in [6, 6.07) is 1.55. The van der Waals surface area contributed by atoms with Crippen molar-refractivity contribution in [2.45, 2.75) is 38.8 Å². The Balaban J connectivity index is 1.71. The molecule has 2 fully saturated rings. The molecule has 2 rings (SSSR count). The van der Waals surface area contributed by atoms with Gasteiger partial charge in [-0.2, -0.15) is 0 Å². The highest BCUT2D eigenvalue weighted by Crippen LogP contribution is 2.20. The van der Waals surface area contributed by atoms with Gasteiger partial charge in [-0.15, -0.1) is 0 Å². The Morgan fingerprint density at radius 1 is 1.10 bits per heavy atom. The Morgan fingerprint density at radius 3 is 2.25 bits per heavy atom. The van der Waals surface area contributed by atoms with Crippen molar-refractivity contribution < 1.29 is 0 Å². The molecule has 1 heterocycles. The highest BCUT2D eigenvalue weighted by atomic mass is 15.3. The fourth-order valence-corrected chi connectivity index (χ4v) is 3.02. The lowest BCUT2D eigenvalue weighted by atomic mass is 10.0. The largest absolute Gasteiger partial charge is 0.312 e. The monoisotopic (exact) mass is 282 g/mol. The third-order valence-corrected chi connectivity index (χ3v) is 4.70. The lowest BCUT2D eigenvalue weighted by Gasteiger charge is -2.41. The van der Waals surface area contributed by atoms with Gasteiger partial charge in [0.05, 0.1) is 0 Å². The molecule has 0 radical (unpaired) electrons. The predicted octanol–water partition coefficient (Wildman–Crippen LogP) is 0.942. The second-order valence-corrected chi connectivity index (χ2v) is 7.17. The molecule has 20 heavy (non-hydrogen) atoms. The van der Waals surface area contributed by atoms with E-state index in [0.29, 0.717) is 6.04 Å². The topological polar surface area (TPSA) is 21.8 Å². The van der Waals surface area contributed by atoms with Crippen molar-refractivity contribution in [2.24, 2.45) is 5.92 Å². The minimum absolute atomic E-state index is 0.714. The van der Waals surface area contributed by atoms with E-state index in [2.05, 4.69) is 48.0 Å². The van der Waals surface area contributed by atoms with Gasteiger partial charge in [-0.3, -0.25) is 9.80 Å². The number of nitrogens with one attached hydrogen (secondary N) is 1. The van der Waals surface area contributed by atoms with Crippen LogP contribution >= 0.6 is 0 Å². The Kier molecular flexibility index (Phi) is 6.27. The van der Waals surface area contributed by atoms with Gasteiger partial charge >= 0.3 is 0 Å². The summed E-state index contributed by atoms with van der Waals surface area (Å²) in [7, 11) is 4.32. The van der Waals surface area contributed by atoms with Crippen LogP contribution in [0, 0.1) is 5.92 Å². The third kappa shape index (κ3) is 5.32. The first-order valence-corrected chi connectivity index (χ1v) is 8.40. The Bertz CT molecular complexity index is 268. The van der Waals surface area contributed by atoms with Gasteiger partial charge in [0.1, 0.15) is 0 Å². The summed E-state index contributed by atoms with van der Waals surface area (Å²) in [5, 5.41) is 3.72. The van der Waals surface area contributed by atoms with Crippen molar-refractivity contribution in [1.29, 1.82) is 0 Å². The predicted molar refractivity (Wildman–Crippen MR) is 86.2 cm³/mol. The SMILES string of the molecule is CC(C)C(CNC1CC1)N1CCN(CCN(C)C)CC1. The van der Waals surface area contributed by atoms with Gasteiger partial charge < -0.3 is 10.2 Å². The van der Waals surface area contributed by atoms with Gasteiger partial charge in [0.15, 0.2) is 0 Å². The number of likely N-dealkylation sites (N-methyl/N-ethyl adjacent to an activating group) is 1. The van der Waals surface area contributed by atoms with Crippen LogP contribution in [0.2, 0.25) is 0 Å². The first-order chi connectivity index (χ1) is 9.56. The zero-order valence-corrected chi connectivity index (χ0v) is 13.9. The van der Waals surface area contributed by atoms with Crippen LogP contribution in [0.1, 0.15) is 26.7 Å². The summed E-state index contributed by atoms with van der Waals surface area (Å²) in [6.07, 6.45) is 2.78. The number of hydrogen-bond acceptors (Lipinski definition) is 4. The molecule has 118 valence electrons. The first-order valence-electron chi connectivity index (χ1n) is 8.40. The van der Waals surface area contributed by atoms with Crippen molar-refractivity contribution in [3.8, 4) is 0 Å². The molecule has 2 aliphatic rings. The number of nitrogens with zero attached hydrogens (tertiary/aromatic N) is 3. The van der Waals surface area contributed by atoms with Crippen LogP contribution in [0.5, 0.6) is 0 Å². The molecule has 4 nitrogen and oxygen atoms in total. The molecule has 0 amide bonds. The average Bonchev–Trinajstić information content (AvgIpc) is 3.21. The van der Waals surface area contributed by atoms with Crippen molar-refractivity contribution in [3.63, 3.8) is 0 Å². The molecule has 0 aromatic carbocycles. The molecular formula is C16H34N4. The zero-order valence-electron chi connectivity index (χ0n) is 13.9. The van der Waals surface area contributed by atoms with E-state index in [9.17, 15) is 0 Å². The molecule has 1 unspecified atom stereocenters. The van der Waals surface area contributed by atoms with E-state index in [0.717, 1.165) is 12.0 Å². The van der Waals surface area contributed by atoms with E-state index < -0.39 is 0 Å². The van der Waals surface area contributed by atoms with Gasteiger partial charge in [-0.1, -0.05) is 13.8 Å². The molecule has 1 atom stereocenters. The lowest BCUT2D eigenvalue weighted by Crippen LogP contribution is -2.55. The Hall–Kier alpha value is -0.160. The molecule has 0 aromatic rings.